The summed E-state index contributed by atoms with van der Waals surface area (Å²) in [7, 11) is -3.90. The number of rotatable bonds is 8. The Morgan fingerprint density at radius 2 is 1.79 bits per heavy atom. The van der Waals surface area contributed by atoms with E-state index in [1.807, 2.05) is 6.92 Å². The Morgan fingerprint density at radius 1 is 1.09 bits per heavy atom. The number of benzene rings is 2. The molecule has 34 heavy (non-hydrogen) atoms. The average Bonchev–Trinajstić information content (AvgIpc) is 2.79. The Hall–Kier alpha value is -2.87. The molecule has 0 spiro atoms. The third kappa shape index (κ3) is 6.82. The number of ether oxygens (including phenoxy) is 2. The maximum absolute atomic E-state index is 12.7. The summed E-state index contributed by atoms with van der Waals surface area (Å²) in [6, 6.07) is 12.4. The molecule has 184 valence electrons. The molecule has 0 amide bonds. The minimum Gasteiger partial charge on any atom is -0.460 e. The summed E-state index contributed by atoms with van der Waals surface area (Å²) in [4.78, 5) is 24.8. The Morgan fingerprint density at radius 3 is 2.47 bits per heavy atom. The van der Waals surface area contributed by atoms with Crippen molar-refractivity contribution in [2.45, 2.75) is 58.0 Å². The maximum Gasteiger partial charge on any atom is 0.344 e. The fourth-order valence-electron chi connectivity index (χ4n) is 4.29. The smallest absolute Gasteiger partial charge is 0.344 e. The van der Waals surface area contributed by atoms with Crippen molar-refractivity contribution in [3.05, 3.63) is 59.7 Å². The van der Waals surface area contributed by atoms with Crippen LogP contribution in [0.2, 0.25) is 0 Å². The molecule has 2 aromatic carbocycles. The first-order valence-corrected chi connectivity index (χ1v) is 13.1. The summed E-state index contributed by atoms with van der Waals surface area (Å²) in [5.74, 6) is -0.219. The van der Waals surface area contributed by atoms with E-state index in [1.54, 1.807) is 24.3 Å². The second-order valence-electron chi connectivity index (χ2n) is 9.43. The number of hydrogen-bond donors (Lipinski definition) is 1. The normalized spacial score (nSPS) is 20.6. The van der Waals surface area contributed by atoms with Gasteiger partial charge in [0.05, 0.1) is 10.5 Å². The Labute approximate surface area is 201 Å². The summed E-state index contributed by atoms with van der Waals surface area (Å²) in [6.07, 6.45) is 2.74. The number of carbonyl (C=O) groups excluding carboxylic acids is 2. The van der Waals surface area contributed by atoms with E-state index in [0.717, 1.165) is 24.8 Å². The minimum atomic E-state index is -3.90. The number of hydrogen-bond acceptors (Lipinski definition) is 6. The van der Waals surface area contributed by atoms with Crippen LogP contribution in [0.1, 0.15) is 56.0 Å². The van der Waals surface area contributed by atoms with E-state index in [-0.39, 0.29) is 16.6 Å². The molecule has 1 N–H and O–H groups in total. The fraction of sp³-hybridized carbons (Fsp3) is 0.462. The van der Waals surface area contributed by atoms with Gasteiger partial charge < -0.3 is 9.47 Å². The van der Waals surface area contributed by atoms with Crippen molar-refractivity contribution in [1.29, 1.82) is 0 Å². The predicted molar refractivity (Wildman–Crippen MR) is 130 cm³/mol. The van der Waals surface area contributed by atoms with Crippen LogP contribution in [0.3, 0.4) is 0 Å². The standard InChI is InChI=1S/C26H33NO6S/c1-17(2)23-13-10-19(4)14-24(23)33-25(28)16-32-26(29)20-6-5-7-22(15-20)34(30,31)27-21-11-8-18(3)9-12-21/h5-9,11-12,15,17,19,23-24,27H,10,13-14,16H2,1-4H3/t19-,23-,24-/m1/s1. The van der Waals surface area contributed by atoms with E-state index >= 15 is 0 Å². The third-order valence-electron chi connectivity index (χ3n) is 6.25. The number of sulfonamides is 1. The lowest BCUT2D eigenvalue weighted by atomic mass is 9.75. The summed E-state index contributed by atoms with van der Waals surface area (Å²) in [5.41, 5.74) is 1.45. The van der Waals surface area contributed by atoms with Crippen LogP contribution in [0.4, 0.5) is 5.69 Å². The van der Waals surface area contributed by atoms with Crippen molar-refractivity contribution in [2.24, 2.45) is 17.8 Å². The zero-order chi connectivity index (χ0) is 24.9. The van der Waals surface area contributed by atoms with Crippen LogP contribution < -0.4 is 4.72 Å². The Kier molecular flexibility index (Phi) is 8.36. The van der Waals surface area contributed by atoms with Crippen LogP contribution in [-0.2, 0) is 24.3 Å². The van der Waals surface area contributed by atoms with Gasteiger partial charge in [-0.05, 0) is 67.9 Å². The van der Waals surface area contributed by atoms with E-state index in [9.17, 15) is 18.0 Å². The second-order valence-corrected chi connectivity index (χ2v) is 11.1. The molecule has 0 unspecified atom stereocenters. The van der Waals surface area contributed by atoms with Crippen LogP contribution in [0.5, 0.6) is 0 Å². The number of nitrogens with one attached hydrogen (secondary N) is 1. The quantitative estimate of drug-likeness (QED) is 0.529. The Bertz CT molecular complexity index is 1110. The van der Waals surface area contributed by atoms with Gasteiger partial charge in [-0.3, -0.25) is 4.72 Å². The van der Waals surface area contributed by atoms with E-state index < -0.39 is 28.6 Å². The highest BCUT2D eigenvalue weighted by atomic mass is 32.2. The summed E-state index contributed by atoms with van der Waals surface area (Å²) in [5, 5.41) is 0. The molecule has 3 rings (SSSR count). The first-order chi connectivity index (χ1) is 16.0. The van der Waals surface area contributed by atoms with E-state index in [1.165, 1.54) is 24.3 Å². The first-order valence-electron chi connectivity index (χ1n) is 11.6. The molecule has 3 atom stereocenters. The molecular formula is C26H33NO6S. The molecule has 0 bridgehead atoms. The molecule has 0 saturated heterocycles. The first kappa shape index (κ1) is 25.7. The van der Waals surface area contributed by atoms with Crippen molar-refractivity contribution in [2.75, 3.05) is 11.3 Å². The number of anilines is 1. The molecule has 0 heterocycles. The zero-order valence-electron chi connectivity index (χ0n) is 20.1. The summed E-state index contributed by atoms with van der Waals surface area (Å²) in [6.45, 7) is 7.77. The molecule has 0 aliphatic heterocycles. The van der Waals surface area contributed by atoms with Crippen LogP contribution in [0.15, 0.2) is 53.4 Å². The molecule has 1 saturated carbocycles. The molecule has 2 aromatic rings. The minimum absolute atomic E-state index is 0.0333. The van der Waals surface area contributed by atoms with Crippen molar-refractivity contribution in [3.63, 3.8) is 0 Å². The highest BCUT2D eigenvalue weighted by Crippen LogP contribution is 2.35. The molecule has 1 aliphatic carbocycles. The molecule has 8 heteroatoms. The number of esters is 2. The molecule has 1 aliphatic rings. The van der Waals surface area contributed by atoms with Gasteiger partial charge in [-0.2, -0.15) is 0 Å². The zero-order valence-corrected chi connectivity index (χ0v) is 20.9. The Balaban J connectivity index is 1.60. The van der Waals surface area contributed by atoms with Gasteiger partial charge in [-0.1, -0.05) is 51.0 Å². The number of carbonyl (C=O) groups is 2. The van der Waals surface area contributed by atoms with Crippen molar-refractivity contribution < 1.29 is 27.5 Å². The van der Waals surface area contributed by atoms with Gasteiger partial charge in [-0.15, -0.1) is 0 Å². The van der Waals surface area contributed by atoms with Crippen LogP contribution >= 0.6 is 0 Å². The van der Waals surface area contributed by atoms with Gasteiger partial charge in [0, 0.05) is 5.69 Å². The van der Waals surface area contributed by atoms with E-state index in [0.29, 0.717) is 23.4 Å². The van der Waals surface area contributed by atoms with Gasteiger partial charge in [0.25, 0.3) is 10.0 Å². The lowest BCUT2D eigenvalue weighted by Gasteiger charge is -2.36. The maximum atomic E-state index is 12.7. The van der Waals surface area contributed by atoms with Gasteiger partial charge in [-0.25, -0.2) is 18.0 Å². The van der Waals surface area contributed by atoms with Gasteiger partial charge in [0.2, 0.25) is 0 Å². The highest BCUT2D eigenvalue weighted by Gasteiger charge is 2.33. The van der Waals surface area contributed by atoms with Gasteiger partial charge >= 0.3 is 11.9 Å². The molecule has 1 fully saturated rings. The largest absolute Gasteiger partial charge is 0.460 e. The van der Waals surface area contributed by atoms with Crippen LogP contribution in [-0.4, -0.2) is 33.1 Å². The fourth-order valence-corrected chi connectivity index (χ4v) is 5.39. The topological polar surface area (TPSA) is 98.8 Å². The van der Waals surface area contributed by atoms with Crippen LogP contribution in [0.25, 0.3) is 0 Å². The molecule has 0 radical (unpaired) electrons. The molecular weight excluding hydrogens is 454 g/mol. The SMILES string of the molecule is Cc1ccc(NS(=O)(=O)c2cccc(C(=O)OCC(=O)O[C@@H]3C[C@H](C)CC[C@@H]3C(C)C)c2)cc1. The van der Waals surface area contributed by atoms with Crippen molar-refractivity contribution >= 4 is 27.6 Å². The highest BCUT2D eigenvalue weighted by molar-refractivity contribution is 7.92. The second kappa shape index (κ2) is 11.0. The van der Waals surface area contributed by atoms with Crippen molar-refractivity contribution in [3.8, 4) is 0 Å². The van der Waals surface area contributed by atoms with Gasteiger partial charge in [0.1, 0.15) is 6.10 Å². The summed E-state index contributed by atoms with van der Waals surface area (Å²) >= 11 is 0. The van der Waals surface area contributed by atoms with E-state index in [4.69, 9.17) is 9.47 Å². The predicted octanol–water partition coefficient (Wildman–Crippen LogP) is 4.96. The average molecular weight is 488 g/mol. The third-order valence-corrected chi connectivity index (χ3v) is 7.63. The van der Waals surface area contributed by atoms with Gasteiger partial charge in [0.15, 0.2) is 6.61 Å². The van der Waals surface area contributed by atoms with E-state index in [2.05, 4.69) is 25.5 Å². The lowest BCUT2D eigenvalue weighted by molar-refractivity contribution is -0.159. The molecule has 0 aromatic heterocycles. The monoisotopic (exact) mass is 487 g/mol. The lowest BCUT2D eigenvalue weighted by Crippen LogP contribution is -2.36. The molecule has 7 nitrogen and oxygen atoms in total. The van der Waals surface area contributed by atoms with Crippen LogP contribution in [0, 0.1) is 24.7 Å². The summed E-state index contributed by atoms with van der Waals surface area (Å²) < 4.78 is 38.7. The number of aryl methyl sites for hydroxylation is 1. The van der Waals surface area contributed by atoms with Crippen molar-refractivity contribution in [1.82, 2.24) is 0 Å².